The van der Waals surface area contributed by atoms with Crippen molar-refractivity contribution in [1.82, 2.24) is 9.29 Å². The van der Waals surface area contributed by atoms with Crippen molar-refractivity contribution in [3.05, 3.63) is 36.5 Å². The van der Waals surface area contributed by atoms with Gasteiger partial charge in [0.15, 0.2) is 0 Å². The zero-order chi connectivity index (χ0) is 16.4. The van der Waals surface area contributed by atoms with Gasteiger partial charge >= 0.3 is 0 Å². The molecule has 1 aromatic heterocycles. The van der Waals surface area contributed by atoms with Crippen LogP contribution in [-0.4, -0.2) is 43.0 Å². The van der Waals surface area contributed by atoms with Gasteiger partial charge in [-0.3, -0.25) is 9.78 Å². The smallest absolute Gasteiger partial charge is 0.228 e. The second-order valence-corrected chi connectivity index (χ2v) is 7.81. The van der Waals surface area contributed by atoms with Gasteiger partial charge in [-0.2, -0.15) is 0 Å². The number of benzene rings is 1. The third-order valence-electron chi connectivity index (χ3n) is 4.11. The number of amides is 1. The van der Waals surface area contributed by atoms with Crippen LogP contribution in [0.5, 0.6) is 0 Å². The van der Waals surface area contributed by atoms with Gasteiger partial charge in [0.05, 0.1) is 23.4 Å². The minimum absolute atomic E-state index is 0.156. The van der Waals surface area contributed by atoms with Gasteiger partial charge in [-0.1, -0.05) is 18.2 Å². The summed E-state index contributed by atoms with van der Waals surface area (Å²) in [6.07, 6.45) is 4.25. The molecule has 1 amide bonds. The molecule has 122 valence electrons. The molecular weight excluding hydrogens is 314 g/mol. The molecule has 1 aliphatic heterocycles. The van der Waals surface area contributed by atoms with E-state index in [-0.39, 0.29) is 18.4 Å². The van der Waals surface area contributed by atoms with Crippen molar-refractivity contribution < 1.29 is 13.2 Å². The van der Waals surface area contributed by atoms with E-state index in [1.54, 1.807) is 6.20 Å². The van der Waals surface area contributed by atoms with Crippen molar-refractivity contribution in [2.75, 3.05) is 24.7 Å². The summed E-state index contributed by atoms with van der Waals surface area (Å²) in [6, 6.07) is 9.39. The molecule has 1 aromatic carbocycles. The van der Waals surface area contributed by atoms with Gasteiger partial charge in [-0.05, 0) is 25.0 Å². The Labute approximate surface area is 135 Å². The highest BCUT2D eigenvalue weighted by molar-refractivity contribution is 7.88. The third-order valence-corrected chi connectivity index (χ3v) is 5.38. The minimum atomic E-state index is -3.26. The number of rotatable bonds is 3. The molecule has 0 saturated carbocycles. The topological polar surface area (TPSA) is 79.4 Å². The lowest BCUT2D eigenvalue weighted by atomic mass is 9.98. The average Bonchev–Trinajstić information content (AvgIpc) is 2.54. The monoisotopic (exact) mass is 333 g/mol. The van der Waals surface area contributed by atoms with Gasteiger partial charge < -0.3 is 5.32 Å². The van der Waals surface area contributed by atoms with Crippen LogP contribution in [0.25, 0.3) is 10.9 Å². The van der Waals surface area contributed by atoms with Gasteiger partial charge in [0.1, 0.15) is 0 Å². The molecule has 0 spiro atoms. The lowest BCUT2D eigenvalue weighted by Gasteiger charge is -2.30. The van der Waals surface area contributed by atoms with E-state index in [0.717, 1.165) is 10.9 Å². The molecule has 1 atom stereocenters. The van der Waals surface area contributed by atoms with Gasteiger partial charge in [-0.15, -0.1) is 0 Å². The summed E-state index contributed by atoms with van der Waals surface area (Å²) in [5.41, 5.74) is 1.39. The molecule has 1 aliphatic rings. The molecule has 6 nitrogen and oxygen atoms in total. The highest BCUT2D eigenvalue weighted by Gasteiger charge is 2.30. The summed E-state index contributed by atoms with van der Waals surface area (Å²) in [5.74, 6) is -0.492. The fourth-order valence-corrected chi connectivity index (χ4v) is 3.81. The third kappa shape index (κ3) is 3.51. The number of carbonyl (C=O) groups excluding carboxylic acids is 1. The summed E-state index contributed by atoms with van der Waals surface area (Å²) in [7, 11) is -3.26. The van der Waals surface area contributed by atoms with E-state index in [2.05, 4.69) is 10.3 Å². The standard InChI is InChI=1S/C16H19N3O3S/c1-23(21,22)19-10-4-7-13(11-19)16(20)18-14-8-2-5-12-6-3-9-17-15(12)14/h2-3,5-6,8-9,13H,4,7,10-11H2,1H3,(H,18,20). The predicted octanol–water partition coefficient (Wildman–Crippen LogP) is 1.84. The molecule has 1 saturated heterocycles. The Balaban J connectivity index is 1.78. The largest absolute Gasteiger partial charge is 0.324 e. The van der Waals surface area contributed by atoms with Crippen LogP contribution in [-0.2, 0) is 14.8 Å². The van der Waals surface area contributed by atoms with Crippen LogP contribution < -0.4 is 5.32 Å². The van der Waals surface area contributed by atoms with Gasteiger partial charge in [0.2, 0.25) is 15.9 Å². The van der Waals surface area contributed by atoms with E-state index in [0.29, 0.717) is 25.1 Å². The van der Waals surface area contributed by atoms with Crippen LogP contribution in [0.3, 0.4) is 0 Å². The summed E-state index contributed by atoms with van der Waals surface area (Å²) in [4.78, 5) is 16.8. The summed E-state index contributed by atoms with van der Waals surface area (Å²) in [5, 5.41) is 3.85. The first-order chi connectivity index (χ1) is 10.9. The number of hydrogen-bond acceptors (Lipinski definition) is 4. The summed E-state index contributed by atoms with van der Waals surface area (Å²) < 4.78 is 24.7. The average molecular weight is 333 g/mol. The van der Waals surface area contributed by atoms with E-state index in [4.69, 9.17) is 0 Å². The number of para-hydroxylation sites is 1. The van der Waals surface area contributed by atoms with Gasteiger partial charge in [0.25, 0.3) is 0 Å². The van der Waals surface area contributed by atoms with Crippen molar-refractivity contribution in [3.63, 3.8) is 0 Å². The molecule has 2 heterocycles. The maximum absolute atomic E-state index is 12.5. The number of hydrogen-bond donors (Lipinski definition) is 1. The Morgan fingerprint density at radius 2 is 2.09 bits per heavy atom. The Morgan fingerprint density at radius 1 is 1.30 bits per heavy atom. The first kappa shape index (κ1) is 15.9. The highest BCUT2D eigenvalue weighted by atomic mass is 32.2. The molecule has 0 radical (unpaired) electrons. The maximum atomic E-state index is 12.5. The second-order valence-electron chi connectivity index (χ2n) is 5.83. The number of nitrogens with zero attached hydrogens (tertiary/aromatic N) is 2. The fourth-order valence-electron chi connectivity index (χ4n) is 2.90. The van der Waals surface area contributed by atoms with Crippen LogP contribution >= 0.6 is 0 Å². The van der Waals surface area contributed by atoms with E-state index in [1.807, 2.05) is 30.3 Å². The number of sulfonamides is 1. The van der Waals surface area contributed by atoms with Crippen LogP contribution in [0.15, 0.2) is 36.5 Å². The van der Waals surface area contributed by atoms with Crippen LogP contribution in [0.1, 0.15) is 12.8 Å². The van der Waals surface area contributed by atoms with Crippen molar-refractivity contribution in [1.29, 1.82) is 0 Å². The first-order valence-electron chi connectivity index (χ1n) is 7.55. The normalized spacial score (nSPS) is 19.6. The maximum Gasteiger partial charge on any atom is 0.228 e. The van der Waals surface area contributed by atoms with Crippen LogP contribution in [0.4, 0.5) is 5.69 Å². The quantitative estimate of drug-likeness (QED) is 0.929. The number of pyridine rings is 1. The lowest BCUT2D eigenvalue weighted by Crippen LogP contribution is -2.43. The Bertz CT molecular complexity index is 830. The first-order valence-corrected chi connectivity index (χ1v) is 9.40. The van der Waals surface area contributed by atoms with E-state index >= 15 is 0 Å². The Hall–Kier alpha value is -1.99. The van der Waals surface area contributed by atoms with E-state index < -0.39 is 10.0 Å². The van der Waals surface area contributed by atoms with Crippen LogP contribution in [0.2, 0.25) is 0 Å². The van der Waals surface area contributed by atoms with Crippen molar-refractivity contribution in [3.8, 4) is 0 Å². The number of aromatic nitrogens is 1. The summed E-state index contributed by atoms with van der Waals surface area (Å²) in [6.45, 7) is 0.724. The number of nitrogens with one attached hydrogen (secondary N) is 1. The number of carbonyl (C=O) groups is 1. The Morgan fingerprint density at radius 3 is 2.87 bits per heavy atom. The molecule has 1 fully saturated rings. The molecule has 0 aliphatic carbocycles. The van der Waals surface area contributed by atoms with Crippen molar-refractivity contribution >= 4 is 32.5 Å². The highest BCUT2D eigenvalue weighted by Crippen LogP contribution is 2.24. The molecule has 7 heteroatoms. The molecule has 23 heavy (non-hydrogen) atoms. The van der Waals surface area contributed by atoms with Gasteiger partial charge in [-0.25, -0.2) is 12.7 Å². The van der Waals surface area contributed by atoms with Crippen LogP contribution in [0, 0.1) is 5.92 Å². The lowest BCUT2D eigenvalue weighted by molar-refractivity contribution is -0.120. The molecule has 1 unspecified atom stereocenters. The van der Waals surface area contributed by atoms with Crippen molar-refractivity contribution in [2.45, 2.75) is 12.8 Å². The molecule has 1 N–H and O–H groups in total. The SMILES string of the molecule is CS(=O)(=O)N1CCCC(C(=O)Nc2cccc3cccnc23)C1. The van der Waals surface area contributed by atoms with E-state index in [1.165, 1.54) is 10.6 Å². The zero-order valence-electron chi connectivity index (χ0n) is 12.9. The fraction of sp³-hybridized carbons (Fsp3) is 0.375. The van der Waals surface area contributed by atoms with Gasteiger partial charge in [0, 0.05) is 24.7 Å². The number of fused-ring (bicyclic) bond motifs is 1. The minimum Gasteiger partial charge on any atom is -0.324 e. The summed E-state index contributed by atoms with van der Waals surface area (Å²) >= 11 is 0. The van der Waals surface area contributed by atoms with E-state index in [9.17, 15) is 13.2 Å². The van der Waals surface area contributed by atoms with Crippen molar-refractivity contribution in [2.24, 2.45) is 5.92 Å². The molecule has 0 bridgehead atoms. The molecular formula is C16H19N3O3S. The number of piperidine rings is 1. The Kier molecular flexibility index (Phi) is 4.32. The molecule has 3 rings (SSSR count). The zero-order valence-corrected chi connectivity index (χ0v) is 13.7. The molecule has 2 aromatic rings. The number of anilines is 1. The second kappa shape index (κ2) is 6.25. The predicted molar refractivity (Wildman–Crippen MR) is 89.5 cm³/mol.